The molecule has 28 heavy (non-hydrogen) atoms. The molecule has 1 fully saturated rings. The van der Waals surface area contributed by atoms with Gasteiger partial charge in [-0.25, -0.2) is 4.79 Å². The summed E-state index contributed by atoms with van der Waals surface area (Å²) < 4.78 is 43.3. The molecule has 4 rings (SSSR count). The third kappa shape index (κ3) is 3.64. The Morgan fingerprint density at radius 3 is 2.61 bits per heavy atom. The first-order chi connectivity index (χ1) is 13.0. The van der Waals surface area contributed by atoms with Crippen molar-refractivity contribution in [2.45, 2.75) is 45.1 Å². The molecule has 2 aromatic rings. The van der Waals surface area contributed by atoms with Gasteiger partial charge in [0.1, 0.15) is 5.76 Å². The van der Waals surface area contributed by atoms with Gasteiger partial charge in [0.05, 0.1) is 17.9 Å². The Morgan fingerprint density at radius 1 is 1.36 bits per heavy atom. The zero-order chi connectivity index (χ0) is 20.7. The number of alkyl halides is 3. The van der Waals surface area contributed by atoms with E-state index in [-0.39, 0.29) is 5.60 Å². The molecule has 0 unspecified atom stereocenters. The minimum Gasteiger partial charge on any atom is -0.475 e. The summed E-state index contributed by atoms with van der Waals surface area (Å²) >= 11 is 0. The summed E-state index contributed by atoms with van der Waals surface area (Å²) in [7, 11) is 0. The van der Waals surface area contributed by atoms with E-state index in [0.717, 1.165) is 30.1 Å². The number of aliphatic carboxylic acids is 1. The smallest absolute Gasteiger partial charge is 0.475 e. The summed E-state index contributed by atoms with van der Waals surface area (Å²) in [6, 6.07) is 6.54. The lowest BCUT2D eigenvalue weighted by atomic mass is 9.79. The van der Waals surface area contributed by atoms with Crippen molar-refractivity contribution < 1.29 is 32.3 Å². The van der Waals surface area contributed by atoms with Crippen molar-refractivity contribution in [1.82, 2.24) is 10.5 Å². The van der Waals surface area contributed by atoms with E-state index < -0.39 is 12.1 Å². The van der Waals surface area contributed by atoms with Gasteiger partial charge in [-0.15, -0.1) is 0 Å². The van der Waals surface area contributed by atoms with Crippen molar-refractivity contribution in [1.29, 1.82) is 0 Å². The van der Waals surface area contributed by atoms with Crippen molar-refractivity contribution in [3.63, 3.8) is 0 Å². The molecule has 1 aromatic carbocycles. The van der Waals surface area contributed by atoms with E-state index >= 15 is 0 Å². The highest BCUT2D eigenvalue weighted by Crippen LogP contribution is 2.44. The molecule has 0 aliphatic carbocycles. The van der Waals surface area contributed by atoms with Crippen LogP contribution in [0.1, 0.15) is 35.4 Å². The van der Waals surface area contributed by atoms with Crippen LogP contribution in [0.3, 0.4) is 0 Å². The second kappa shape index (κ2) is 7.21. The summed E-state index contributed by atoms with van der Waals surface area (Å²) in [5.41, 5.74) is 5.88. The molecular formula is C19H21F3N2O4. The molecule has 0 spiro atoms. The van der Waals surface area contributed by atoms with Crippen LogP contribution in [-0.2, 0) is 16.1 Å². The first-order valence-electron chi connectivity index (χ1n) is 8.74. The van der Waals surface area contributed by atoms with Crippen LogP contribution in [0.25, 0.3) is 11.1 Å². The molecule has 0 saturated carbocycles. The van der Waals surface area contributed by atoms with Crippen LogP contribution < -0.4 is 5.32 Å². The zero-order valence-electron chi connectivity index (χ0n) is 15.7. The van der Waals surface area contributed by atoms with Crippen LogP contribution in [0.4, 0.5) is 13.2 Å². The highest BCUT2D eigenvalue weighted by Gasteiger charge is 2.45. The average Bonchev–Trinajstić information content (AvgIpc) is 3.16. The van der Waals surface area contributed by atoms with E-state index in [1.54, 1.807) is 0 Å². The Hall–Kier alpha value is -2.39. The number of halogens is 3. The normalized spacial score (nSPS) is 23.4. The van der Waals surface area contributed by atoms with Gasteiger partial charge in [-0.2, -0.15) is 13.2 Å². The molecule has 3 heterocycles. The van der Waals surface area contributed by atoms with Crippen LogP contribution in [0.2, 0.25) is 0 Å². The van der Waals surface area contributed by atoms with Gasteiger partial charge < -0.3 is 19.7 Å². The summed E-state index contributed by atoms with van der Waals surface area (Å²) in [5, 5.41) is 14.7. The molecule has 6 nitrogen and oxygen atoms in total. The van der Waals surface area contributed by atoms with Gasteiger partial charge in [-0.1, -0.05) is 23.4 Å². The summed E-state index contributed by atoms with van der Waals surface area (Å²) in [6.45, 7) is 8.74. The summed E-state index contributed by atoms with van der Waals surface area (Å²) in [4.78, 5) is 8.90. The topological polar surface area (TPSA) is 84.6 Å². The van der Waals surface area contributed by atoms with E-state index in [0.29, 0.717) is 12.5 Å². The van der Waals surface area contributed by atoms with Crippen molar-refractivity contribution in [2.75, 3.05) is 13.1 Å². The maximum Gasteiger partial charge on any atom is 0.490 e. The molecule has 1 aromatic heterocycles. The minimum atomic E-state index is -5.08. The first-order valence-corrected chi connectivity index (χ1v) is 8.74. The molecule has 9 heteroatoms. The number of hydrogen-bond acceptors (Lipinski definition) is 5. The van der Waals surface area contributed by atoms with Crippen molar-refractivity contribution in [3.05, 3.63) is 40.8 Å². The zero-order valence-corrected chi connectivity index (χ0v) is 15.7. The van der Waals surface area contributed by atoms with Gasteiger partial charge in [0.15, 0.2) is 0 Å². The highest BCUT2D eigenvalue weighted by molar-refractivity contribution is 5.73. The number of nitrogens with zero attached hydrogens (tertiary/aromatic N) is 1. The Labute approximate surface area is 159 Å². The number of carbonyl (C=O) groups is 1. The number of rotatable bonds is 1. The second-order valence-corrected chi connectivity index (χ2v) is 7.16. The van der Waals surface area contributed by atoms with Crippen LogP contribution in [0.15, 0.2) is 22.7 Å². The van der Waals surface area contributed by atoms with Gasteiger partial charge in [-0.3, -0.25) is 0 Å². The predicted molar refractivity (Wildman–Crippen MR) is 93.9 cm³/mol. The van der Waals surface area contributed by atoms with Gasteiger partial charge in [0, 0.05) is 24.6 Å². The van der Waals surface area contributed by atoms with E-state index in [1.807, 2.05) is 13.8 Å². The minimum absolute atomic E-state index is 0.0790. The second-order valence-electron chi connectivity index (χ2n) is 7.16. The molecule has 0 radical (unpaired) electrons. The number of aryl methyl sites for hydroxylation is 2. The fourth-order valence-electron chi connectivity index (χ4n) is 3.83. The Morgan fingerprint density at radius 2 is 2.04 bits per heavy atom. The number of carboxylic acids is 1. The lowest BCUT2D eigenvalue weighted by molar-refractivity contribution is -0.192. The molecule has 2 aliphatic heterocycles. The quantitative estimate of drug-likeness (QED) is 0.764. The van der Waals surface area contributed by atoms with Gasteiger partial charge in [0.2, 0.25) is 0 Å². The third-order valence-corrected chi connectivity index (χ3v) is 5.24. The summed E-state index contributed by atoms with van der Waals surface area (Å²) in [6.07, 6.45) is -5.08. The van der Waals surface area contributed by atoms with Crippen LogP contribution in [0.5, 0.6) is 0 Å². The molecule has 2 N–H and O–H groups in total. The average molecular weight is 398 g/mol. The number of fused-ring (bicyclic) bond motifs is 3. The highest BCUT2D eigenvalue weighted by atomic mass is 19.4. The molecule has 2 atom stereocenters. The van der Waals surface area contributed by atoms with Gasteiger partial charge in [0.25, 0.3) is 0 Å². The molecular weight excluding hydrogens is 377 g/mol. The van der Waals surface area contributed by atoms with Crippen molar-refractivity contribution >= 4 is 5.97 Å². The lowest BCUT2D eigenvalue weighted by Crippen LogP contribution is -2.39. The number of benzene rings is 1. The number of ether oxygens (including phenoxy) is 1. The predicted octanol–water partition coefficient (Wildman–Crippen LogP) is 3.57. The van der Waals surface area contributed by atoms with Crippen molar-refractivity contribution in [2.24, 2.45) is 0 Å². The molecule has 0 amide bonds. The lowest BCUT2D eigenvalue weighted by Gasteiger charge is -2.37. The number of nitrogens with one attached hydrogen (secondary N) is 1. The van der Waals surface area contributed by atoms with E-state index in [4.69, 9.17) is 19.2 Å². The fourth-order valence-corrected chi connectivity index (χ4v) is 3.83. The van der Waals surface area contributed by atoms with Crippen molar-refractivity contribution in [3.8, 4) is 11.1 Å². The van der Waals surface area contributed by atoms with Crippen LogP contribution >= 0.6 is 0 Å². The van der Waals surface area contributed by atoms with Crippen LogP contribution in [0, 0.1) is 13.8 Å². The maximum absolute atomic E-state index is 10.6. The number of aromatic nitrogens is 1. The standard InChI is InChI=1S/C17H20N2O2.C2HF3O2/c1-10-16(11(2)21-19-10)13-6-4-5-12-14(13)8-20-17(3)9-18-7-15(12)17;3-2(4,5)1(6)7/h4-6,15,18H,7-9H2,1-3H3;(H,6,7)/t15-,17-;/m1./s1. The number of hydrogen-bond donors (Lipinski definition) is 2. The first kappa shape index (κ1) is 20.3. The van der Waals surface area contributed by atoms with E-state index in [2.05, 4.69) is 35.6 Å². The Bertz CT molecular complexity index is 874. The maximum atomic E-state index is 10.6. The number of carboxylic acid groups (broad SMARTS) is 1. The monoisotopic (exact) mass is 398 g/mol. The Kier molecular flexibility index (Phi) is 5.24. The van der Waals surface area contributed by atoms with E-state index in [1.165, 1.54) is 16.7 Å². The largest absolute Gasteiger partial charge is 0.490 e. The van der Waals surface area contributed by atoms with Crippen LogP contribution in [-0.4, -0.2) is 41.1 Å². The molecule has 2 aliphatic rings. The summed E-state index contributed by atoms with van der Waals surface area (Å²) in [5.74, 6) is -1.46. The third-order valence-electron chi connectivity index (χ3n) is 5.24. The Balaban J connectivity index is 0.000000279. The van der Waals surface area contributed by atoms with E-state index in [9.17, 15) is 13.2 Å². The van der Waals surface area contributed by atoms with Gasteiger partial charge >= 0.3 is 12.1 Å². The molecule has 1 saturated heterocycles. The molecule has 0 bridgehead atoms. The fraction of sp³-hybridized carbons (Fsp3) is 0.474. The molecule has 152 valence electrons. The SMILES string of the molecule is Cc1noc(C)c1-c1cccc2c1CO[C@]1(C)CNC[C@H]21.O=C(O)C(F)(F)F. The van der Waals surface area contributed by atoms with Gasteiger partial charge in [-0.05, 0) is 37.5 Å².